The molecule has 1 aromatic rings. The van der Waals surface area contributed by atoms with Crippen LogP contribution in [0.5, 0.6) is 0 Å². The molecule has 1 amide bonds. The van der Waals surface area contributed by atoms with Crippen molar-refractivity contribution in [3.05, 3.63) is 35.6 Å². The molecule has 1 aliphatic heterocycles. The van der Waals surface area contributed by atoms with E-state index in [-0.39, 0.29) is 29.7 Å². The Morgan fingerprint density at radius 2 is 2.29 bits per heavy atom. The van der Waals surface area contributed by atoms with Crippen molar-refractivity contribution in [3.8, 4) is 0 Å². The number of hydrogen-bond donors (Lipinski definition) is 1. The first-order chi connectivity index (χ1) is 7.58. The minimum absolute atomic E-state index is 0. The normalized spacial score (nSPS) is 29.5. The Kier molecular flexibility index (Phi) is 2.87. The van der Waals surface area contributed by atoms with Crippen LogP contribution in [0.4, 0.5) is 4.39 Å². The summed E-state index contributed by atoms with van der Waals surface area (Å²) in [5.74, 6) is -0.0424. The molecule has 1 aliphatic carbocycles. The molecule has 1 heterocycles. The molecule has 3 rings (SSSR count). The molecular formula is C12H14ClFN2O. The van der Waals surface area contributed by atoms with Crippen LogP contribution in [0, 0.1) is 11.7 Å². The molecule has 2 aliphatic rings. The predicted octanol–water partition coefficient (Wildman–Crippen LogP) is 1.42. The average Bonchev–Trinajstić information content (AvgIpc) is 2.76. The lowest BCUT2D eigenvalue weighted by Crippen LogP contribution is -2.37. The van der Waals surface area contributed by atoms with E-state index in [1.54, 1.807) is 17.0 Å². The Morgan fingerprint density at radius 3 is 2.88 bits per heavy atom. The van der Waals surface area contributed by atoms with Crippen LogP contribution in [0.2, 0.25) is 0 Å². The first kappa shape index (κ1) is 12.3. The van der Waals surface area contributed by atoms with Crippen LogP contribution in [-0.4, -0.2) is 29.4 Å². The van der Waals surface area contributed by atoms with Gasteiger partial charge in [-0.25, -0.2) is 4.39 Å². The van der Waals surface area contributed by atoms with E-state index in [2.05, 4.69) is 0 Å². The molecule has 2 atom stereocenters. The van der Waals surface area contributed by atoms with Crippen molar-refractivity contribution in [1.29, 1.82) is 0 Å². The van der Waals surface area contributed by atoms with E-state index >= 15 is 0 Å². The Morgan fingerprint density at radius 1 is 1.53 bits per heavy atom. The summed E-state index contributed by atoms with van der Waals surface area (Å²) in [7, 11) is 0. The van der Waals surface area contributed by atoms with Gasteiger partial charge in [0.25, 0.3) is 5.91 Å². The third-order valence-electron chi connectivity index (χ3n) is 3.56. The Bertz CT molecular complexity index is 468. The number of nitrogens with two attached hydrogens (primary N) is 1. The lowest BCUT2D eigenvalue weighted by Gasteiger charge is -2.19. The van der Waals surface area contributed by atoms with Crippen LogP contribution < -0.4 is 5.73 Å². The number of likely N-dealkylation sites (tertiary alicyclic amines) is 1. The average molecular weight is 257 g/mol. The van der Waals surface area contributed by atoms with Crippen molar-refractivity contribution < 1.29 is 9.18 Å². The minimum atomic E-state index is -0.377. The van der Waals surface area contributed by atoms with Crippen molar-refractivity contribution >= 4 is 18.3 Å². The Balaban J connectivity index is 0.00000108. The molecule has 1 saturated heterocycles. The monoisotopic (exact) mass is 256 g/mol. The second-order valence-electron chi connectivity index (χ2n) is 4.83. The Hall–Kier alpha value is -1.13. The van der Waals surface area contributed by atoms with Crippen molar-refractivity contribution in [2.24, 2.45) is 11.7 Å². The number of halogens is 2. The standard InChI is InChI=1S/C12H13FN2O.ClH/c13-10-3-1-2-8(4-10)11(16)15-6-9-5-12(9,14)7-15;/h1-4,9H,5-7,14H2;1H. The maximum absolute atomic E-state index is 13.0. The van der Waals surface area contributed by atoms with Gasteiger partial charge in [0, 0.05) is 24.2 Å². The summed E-state index contributed by atoms with van der Waals surface area (Å²) in [6.45, 7) is 1.32. The molecule has 0 spiro atoms. The van der Waals surface area contributed by atoms with Crippen LogP contribution in [0.3, 0.4) is 0 Å². The molecule has 0 radical (unpaired) electrons. The summed E-state index contributed by atoms with van der Waals surface area (Å²) in [6.07, 6.45) is 1.01. The minimum Gasteiger partial charge on any atom is -0.336 e. The van der Waals surface area contributed by atoms with Crippen molar-refractivity contribution in [2.45, 2.75) is 12.0 Å². The van der Waals surface area contributed by atoms with Gasteiger partial charge in [-0.05, 0) is 30.5 Å². The number of amides is 1. The highest BCUT2D eigenvalue weighted by molar-refractivity contribution is 5.94. The zero-order valence-electron chi connectivity index (χ0n) is 9.23. The summed E-state index contributed by atoms with van der Waals surface area (Å²) in [4.78, 5) is 13.7. The molecule has 1 saturated carbocycles. The van der Waals surface area contributed by atoms with E-state index in [1.807, 2.05) is 0 Å². The number of carbonyl (C=O) groups excluding carboxylic acids is 1. The third-order valence-corrected chi connectivity index (χ3v) is 3.56. The fraction of sp³-hybridized carbons (Fsp3) is 0.417. The van der Waals surface area contributed by atoms with Gasteiger partial charge in [-0.1, -0.05) is 6.07 Å². The number of benzene rings is 1. The van der Waals surface area contributed by atoms with E-state index in [4.69, 9.17) is 5.73 Å². The van der Waals surface area contributed by atoms with Gasteiger partial charge >= 0.3 is 0 Å². The number of rotatable bonds is 1. The molecule has 2 fully saturated rings. The number of piperidine rings is 1. The molecule has 2 unspecified atom stereocenters. The maximum atomic E-state index is 13.0. The summed E-state index contributed by atoms with van der Waals surface area (Å²) in [5.41, 5.74) is 6.28. The highest BCUT2D eigenvalue weighted by Crippen LogP contribution is 2.47. The second kappa shape index (κ2) is 3.96. The molecule has 2 N–H and O–H groups in total. The molecule has 92 valence electrons. The van der Waals surface area contributed by atoms with Crippen LogP contribution in [-0.2, 0) is 0 Å². The third kappa shape index (κ3) is 2.03. The molecule has 0 aromatic heterocycles. The molecule has 17 heavy (non-hydrogen) atoms. The second-order valence-corrected chi connectivity index (χ2v) is 4.83. The quantitative estimate of drug-likeness (QED) is 0.826. The molecule has 1 aromatic carbocycles. The van der Waals surface area contributed by atoms with E-state index in [0.717, 1.165) is 6.42 Å². The van der Waals surface area contributed by atoms with Gasteiger partial charge in [-0.15, -0.1) is 12.4 Å². The van der Waals surface area contributed by atoms with E-state index in [9.17, 15) is 9.18 Å². The van der Waals surface area contributed by atoms with Gasteiger partial charge in [0.2, 0.25) is 0 Å². The van der Waals surface area contributed by atoms with Crippen molar-refractivity contribution in [2.75, 3.05) is 13.1 Å². The van der Waals surface area contributed by atoms with Crippen LogP contribution >= 0.6 is 12.4 Å². The van der Waals surface area contributed by atoms with Crippen LogP contribution in [0.1, 0.15) is 16.8 Å². The molecule has 0 bridgehead atoms. The van der Waals surface area contributed by atoms with Crippen molar-refractivity contribution in [3.63, 3.8) is 0 Å². The van der Waals surface area contributed by atoms with E-state index in [0.29, 0.717) is 24.6 Å². The molecular weight excluding hydrogens is 243 g/mol. The van der Waals surface area contributed by atoms with Gasteiger partial charge < -0.3 is 10.6 Å². The highest BCUT2D eigenvalue weighted by atomic mass is 35.5. The molecule has 5 heteroatoms. The summed E-state index contributed by atoms with van der Waals surface area (Å²) >= 11 is 0. The Labute approximate surface area is 105 Å². The van der Waals surface area contributed by atoms with E-state index in [1.165, 1.54) is 12.1 Å². The SMILES string of the molecule is Cl.NC12CC1CN(C(=O)c1cccc(F)c1)C2. The van der Waals surface area contributed by atoms with Crippen molar-refractivity contribution in [1.82, 2.24) is 4.90 Å². The number of carbonyl (C=O) groups is 1. The first-order valence-corrected chi connectivity index (χ1v) is 5.42. The van der Waals surface area contributed by atoms with Gasteiger partial charge in [0.05, 0.1) is 0 Å². The van der Waals surface area contributed by atoms with Gasteiger partial charge in [-0.3, -0.25) is 4.79 Å². The highest BCUT2D eigenvalue weighted by Gasteiger charge is 2.58. The smallest absolute Gasteiger partial charge is 0.254 e. The first-order valence-electron chi connectivity index (χ1n) is 5.42. The zero-order valence-corrected chi connectivity index (χ0v) is 10.0. The zero-order chi connectivity index (χ0) is 11.3. The summed E-state index contributed by atoms with van der Waals surface area (Å²) < 4.78 is 13.0. The predicted molar refractivity (Wildman–Crippen MR) is 64.6 cm³/mol. The largest absolute Gasteiger partial charge is 0.336 e. The van der Waals surface area contributed by atoms with Crippen LogP contribution in [0.25, 0.3) is 0 Å². The topological polar surface area (TPSA) is 46.3 Å². The number of fused-ring (bicyclic) bond motifs is 1. The van der Waals surface area contributed by atoms with E-state index < -0.39 is 0 Å². The number of hydrogen-bond acceptors (Lipinski definition) is 2. The van der Waals surface area contributed by atoms with Gasteiger partial charge in [0.15, 0.2) is 0 Å². The molecule has 3 nitrogen and oxygen atoms in total. The fourth-order valence-corrected chi connectivity index (χ4v) is 2.48. The number of nitrogens with zero attached hydrogens (tertiary/aromatic N) is 1. The fourth-order valence-electron chi connectivity index (χ4n) is 2.48. The lowest BCUT2D eigenvalue weighted by atomic mass is 10.2. The summed E-state index contributed by atoms with van der Waals surface area (Å²) in [6, 6.07) is 5.80. The van der Waals surface area contributed by atoms with Gasteiger partial charge in [0.1, 0.15) is 5.82 Å². The lowest BCUT2D eigenvalue weighted by molar-refractivity contribution is 0.0772. The van der Waals surface area contributed by atoms with Crippen LogP contribution in [0.15, 0.2) is 24.3 Å². The summed E-state index contributed by atoms with van der Waals surface area (Å²) in [5, 5.41) is 0. The maximum Gasteiger partial charge on any atom is 0.254 e. The van der Waals surface area contributed by atoms with Gasteiger partial charge in [-0.2, -0.15) is 0 Å².